The summed E-state index contributed by atoms with van der Waals surface area (Å²) in [6.45, 7) is 2.15. The molecule has 2 aromatic carbocycles. The molecule has 3 rings (SSSR count). The average Bonchev–Trinajstić information content (AvgIpc) is 2.56. The Morgan fingerprint density at radius 2 is 1.71 bits per heavy atom. The molecule has 1 nitrogen and oxygen atoms in total. The third kappa shape index (κ3) is 3.47. The summed E-state index contributed by atoms with van der Waals surface area (Å²) in [5.74, 6) is 0. The van der Waals surface area contributed by atoms with Gasteiger partial charge >= 0.3 is 0 Å². The van der Waals surface area contributed by atoms with E-state index in [9.17, 15) is 0 Å². The summed E-state index contributed by atoms with van der Waals surface area (Å²) < 4.78 is 0. The molecule has 107 valence electrons. The van der Waals surface area contributed by atoms with Crippen LogP contribution < -0.4 is 0 Å². The molecule has 2 heteroatoms. The van der Waals surface area contributed by atoms with Crippen molar-refractivity contribution < 1.29 is 20.1 Å². The van der Waals surface area contributed by atoms with Crippen LogP contribution in [0.5, 0.6) is 0 Å². The number of aromatic nitrogens is 1. The molecule has 0 bridgehead atoms. The average molecular weight is 450 g/mol. The molecule has 0 atom stereocenters. The molecule has 0 fully saturated rings. The summed E-state index contributed by atoms with van der Waals surface area (Å²) in [6.07, 6.45) is 4.10. The Balaban J connectivity index is 0.00000161. The molecule has 3 aromatic rings. The normalized spacial score (nSPS) is 9.95. The van der Waals surface area contributed by atoms with E-state index in [2.05, 4.69) is 42.4 Å². The summed E-state index contributed by atoms with van der Waals surface area (Å²) in [4.78, 5) is 4.55. The van der Waals surface area contributed by atoms with E-state index in [1.807, 2.05) is 42.5 Å². The Hall–Kier alpha value is -1.76. The molecule has 1 heterocycles. The molecular formula is C19H15IrN-2. The maximum atomic E-state index is 4.55. The summed E-state index contributed by atoms with van der Waals surface area (Å²) >= 11 is 0. The van der Waals surface area contributed by atoms with Crippen molar-refractivity contribution >= 4 is 0 Å². The number of hydrogen-bond donors (Lipinski definition) is 0. The van der Waals surface area contributed by atoms with Crippen LogP contribution in [0.2, 0.25) is 0 Å². The van der Waals surface area contributed by atoms with E-state index in [0.717, 1.165) is 28.8 Å². The molecule has 21 heavy (non-hydrogen) atoms. The summed E-state index contributed by atoms with van der Waals surface area (Å²) in [7, 11) is 0. The summed E-state index contributed by atoms with van der Waals surface area (Å²) in [6, 6.07) is 23.6. The van der Waals surface area contributed by atoms with Crippen LogP contribution in [0, 0.1) is 12.3 Å². The summed E-state index contributed by atoms with van der Waals surface area (Å²) in [5.41, 5.74) is 5.44. The van der Waals surface area contributed by atoms with Gasteiger partial charge in [-0.2, -0.15) is 30.3 Å². The number of aryl methyl sites for hydroxylation is 1. The number of nitrogens with zero attached hydrogens (tertiary/aromatic N) is 1. The molecule has 1 radical (unpaired) electrons. The predicted octanol–water partition coefficient (Wildman–Crippen LogP) is 4.58. The van der Waals surface area contributed by atoms with Gasteiger partial charge in [-0.05, 0) is 17.7 Å². The van der Waals surface area contributed by atoms with Gasteiger partial charge in [0, 0.05) is 20.1 Å². The molecule has 0 aliphatic carbocycles. The minimum atomic E-state index is 0. The van der Waals surface area contributed by atoms with Crippen LogP contribution in [-0.2, 0) is 26.5 Å². The van der Waals surface area contributed by atoms with Crippen molar-refractivity contribution in [2.75, 3.05) is 0 Å². The van der Waals surface area contributed by atoms with Crippen molar-refractivity contribution in [3.05, 3.63) is 78.5 Å². The SMILES string of the molecule is CCc1cc(-c2[c-]cccc2)[c-]nc1-c1ccccc1.[Ir]. The Labute approximate surface area is 139 Å². The molecule has 0 amide bonds. The quantitative estimate of drug-likeness (QED) is 0.534. The number of rotatable bonds is 3. The van der Waals surface area contributed by atoms with Gasteiger partial charge in [-0.25, -0.2) is 11.1 Å². The Kier molecular flexibility index (Phi) is 5.44. The van der Waals surface area contributed by atoms with E-state index in [-0.39, 0.29) is 20.1 Å². The van der Waals surface area contributed by atoms with Crippen LogP contribution in [0.15, 0.2) is 60.7 Å². The third-order valence-electron chi connectivity index (χ3n) is 3.34. The summed E-state index contributed by atoms with van der Waals surface area (Å²) in [5, 5.41) is 0. The van der Waals surface area contributed by atoms with E-state index < -0.39 is 0 Å². The molecular weight excluding hydrogens is 434 g/mol. The first-order chi connectivity index (χ1) is 9.88. The second-order valence-corrected chi connectivity index (χ2v) is 4.65. The van der Waals surface area contributed by atoms with Gasteiger partial charge in [0.15, 0.2) is 0 Å². The van der Waals surface area contributed by atoms with Gasteiger partial charge in [0.1, 0.15) is 0 Å². The largest absolute Gasteiger partial charge is 0.362 e. The van der Waals surface area contributed by atoms with Crippen LogP contribution in [0.25, 0.3) is 22.4 Å². The van der Waals surface area contributed by atoms with Gasteiger partial charge in [0.2, 0.25) is 0 Å². The van der Waals surface area contributed by atoms with Crippen molar-refractivity contribution in [2.45, 2.75) is 13.3 Å². The van der Waals surface area contributed by atoms with Gasteiger partial charge < -0.3 is 4.98 Å². The van der Waals surface area contributed by atoms with Crippen molar-refractivity contribution in [2.24, 2.45) is 0 Å². The van der Waals surface area contributed by atoms with Crippen LogP contribution in [0.4, 0.5) is 0 Å². The maximum Gasteiger partial charge on any atom is 0 e. The zero-order valence-corrected chi connectivity index (χ0v) is 14.2. The zero-order chi connectivity index (χ0) is 13.8. The van der Waals surface area contributed by atoms with Crippen molar-refractivity contribution in [3.63, 3.8) is 0 Å². The first-order valence-electron chi connectivity index (χ1n) is 6.82. The fourth-order valence-electron chi connectivity index (χ4n) is 2.28. The Morgan fingerprint density at radius 3 is 2.38 bits per heavy atom. The number of benzene rings is 2. The second-order valence-electron chi connectivity index (χ2n) is 4.65. The van der Waals surface area contributed by atoms with Gasteiger partial charge in [-0.1, -0.05) is 43.5 Å². The standard InChI is InChI=1S/C19H15N.Ir/c1-2-15-13-18(16-9-5-3-6-10-16)14-20-19(15)17-11-7-4-8-12-17;/h3-9,11-13H,2H2,1H3;/q-2;. The van der Waals surface area contributed by atoms with Crippen LogP contribution in [-0.4, -0.2) is 4.98 Å². The Morgan fingerprint density at radius 1 is 0.952 bits per heavy atom. The van der Waals surface area contributed by atoms with Crippen molar-refractivity contribution in [1.82, 2.24) is 4.98 Å². The van der Waals surface area contributed by atoms with Gasteiger partial charge in [0.25, 0.3) is 0 Å². The van der Waals surface area contributed by atoms with Crippen LogP contribution in [0.3, 0.4) is 0 Å². The molecule has 0 saturated carbocycles. The second kappa shape index (κ2) is 7.31. The Bertz CT molecular complexity index is 693. The molecule has 0 aliphatic rings. The number of hydrogen-bond acceptors (Lipinski definition) is 1. The molecule has 0 unspecified atom stereocenters. The minimum Gasteiger partial charge on any atom is -0.362 e. The first-order valence-corrected chi connectivity index (χ1v) is 6.82. The van der Waals surface area contributed by atoms with Gasteiger partial charge in [0.05, 0.1) is 0 Å². The minimum absolute atomic E-state index is 0. The van der Waals surface area contributed by atoms with Crippen molar-refractivity contribution in [1.29, 1.82) is 0 Å². The fraction of sp³-hybridized carbons (Fsp3) is 0.105. The number of pyridine rings is 1. The molecule has 0 N–H and O–H groups in total. The monoisotopic (exact) mass is 450 g/mol. The van der Waals surface area contributed by atoms with E-state index in [0.29, 0.717) is 0 Å². The molecule has 0 spiro atoms. The van der Waals surface area contributed by atoms with E-state index in [1.165, 1.54) is 5.56 Å². The smallest absolute Gasteiger partial charge is 0 e. The zero-order valence-electron chi connectivity index (χ0n) is 11.8. The third-order valence-corrected chi connectivity index (χ3v) is 3.34. The van der Waals surface area contributed by atoms with E-state index in [1.54, 1.807) is 0 Å². The van der Waals surface area contributed by atoms with E-state index in [4.69, 9.17) is 0 Å². The van der Waals surface area contributed by atoms with Gasteiger partial charge in [-0.15, -0.1) is 11.6 Å². The van der Waals surface area contributed by atoms with Crippen LogP contribution in [0.1, 0.15) is 12.5 Å². The molecule has 0 saturated heterocycles. The van der Waals surface area contributed by atoms with Crippen molar-refractivity contribution in [3.8, 4) is 22.4 Å². The molecule has 0 aliphatic heterocycles. The predicted molar refractivity (Wildman–Crippen MR) is 82.2 cm³/mol. The topological polar surface area (TPSA) is 12.9 Å². The van der Waals surface area contributed by atoms with Gasteiger partial charge in [-0.3, -0.25) is 0 Å². The maximum absolute atomic E-state index is 4.55. The fourth-order valence-corrected chi connectivity index (χ4v) is 2.28. The van der Waals surface area contributed by atoms with Crippen LogP contribution >= 0.6 is 0 Å². The molecule has 1 aromatic heterocycles. The first kappa shape index (κ1) is 15.6. The van der Waals surface area contributed by atoms with E-state index >= 15 is 0 Å².